The van der Waals surface area contributed by atoms with Gasteiger partial charge in [-0.1, -0.05) is 6.07 Å². The van der Waals surface area contributed by atoms with Crippen molar-refractivity contribution in [3.05, 3.63) is 80.4 Å². The van der Waals surface area contributed by atoms with Crippen LogP contribution in [0.3, 0.4) is 0 Å². The van der Waals surface area contributed by atoms with Crippen LogP contribution in [0.4, 0.5) is 14.5 Å². The molecule has 2 aromatic carbocycles. The van der Waals surface area contributed by atoms with Gasteiger partial charge >= 0.3 is 5.97 Å². The smallest absolute Gasteiger partial charge is 0.357 e. The van der Waals surface area contributed by atoms with Crippen LogP contribution in [0.5, 0.6) is 0 Å². The van der Waals surface area contributed by atoms with E-state index in [4.69, 9.17) is 14.4 Å². The van der Waals surface area contributed by atoms with Gasteiger partial charge in [-0.3, -0.25) is 9.27 Å². The highest BCUT2D eigenvalue weighted by atomic mass is 79.9. The molecule has 0 saturated heterocycles. The molecule has 1 aliphatic rings. The topological polar surface area (TPSA) is 106 Å². The lowest BCUT2D eigenvalue weighted by Gasteiger charge is -2.10. The van der Waals surface area contributed by atoms with Crippen LogP contribution in [0.2, 0.25) is 0 Å². The Labute approximate surface area is 238 Å². The number of nitrogens with zero attached hydrogens (tertiary/aromatic N) is 3. The van der Waals surface area contributed by atoms with Crippen LogP contribution in [0, 0.1) is 17.6 Å². The standard InChI is InChI=1S/C26H23BrF2N4O4S2/c1-2-37-25(34)22-13-38-26(30-22)33-23(9-14-3-4-14)18(24(31-33)16-6-8-20(28)19(27)11-16)10-15-5-7-17(12-21(15)29)32-39(35)36/h5-8,11-14,32H,2-4,9-10H2,1H3,(H,35,36). The summed E-state index contributed by atoms with van der Waals surface area (Å²) >= 11 is 2.16. The number of ether oxygens (including phenoxy) is 1. The summed E-state index contributed by atoms with van der Waals surface area (Å²) in [5, 5.41) is 6.94. The van der Waals surface area contributed by atoms with E-state index in [2.05, 4.69) is 25.6 Å². The van der Waals surface area contributed by atoms with Crippen molar-refractivity contribution in [3.63, 3.8) is 0 Å². The quantitative estimate of drug-likeness (QED) is 0.156. The molecule has 0 aliphatic heterocycles. The molecule has 1 atom stereocenters. The summed E-state index contributed by atoms with van der Waals surface area (Å²) < 4.78 is 58.7. The molecule has 0 spiro atoms. The molecular formula is C26H23BrF2N4O4S2. The van der Waals surface area contributed by atoms with Crippen molar-refractivity contribution in [2.24, 2.45) is 5.92 Å². The number of aromatic nitrogens is 3. The normalized spacial score (nSPS) is 13.9. The highest BCUT2D eigenvalue weighted by Gasteiger charge is 2.30. The highest BCUT2D eigenvalue weighted by molar-refractivity contribution is 9.10. The number of carbonyl (C=O) groups is 1. The second kappa shape index (κ2) is 11.6. The average molecular weight is 638 g/mol. The summed E-state index contributed by atoms with van der Waals surface area (Å²) in [6.45, 7) is 1.94. The first-order valence-electron chi connectivity index (χ1n) is 12.1. The minimum atomic E-state index is -2.33. The molecule has 5 rings (SSSR count). The number of benzene rings is 2. The second-order valence-corrected chi connectivity index (χ2v) is 11.4. The Bertz CT molecular complexity index is 1570. The van der Waals surface area contributed by atoms with E-state index in [1.807, 2.05) is 0 Å². The monoisotopic (exact) mass is 636 g/mol. The molecule has 0 amide bonds. The van der Waals surface area contributed by atoms with Gasteiger partial charge in [0.05, 0.1) is 28.2 Å². The second-order valence-electron chi connectivity index (χ2n) is 9.03. The minimum Gasteiger partial charge on any atom is -0.461 e. The van der Waals surface area contributed by atoms with E-state index >= 15 is 4.39 Å². The summed E-state index contributed by atoms with van der Waals surface area (Å²) in [5.74, 6) is -1.07. The molecule has 2 N–H and O–H groups in total. The summed E-state index contributed by atoms with van der Waals surface area (Å²) in [7, 11) is 0. The van der Waals surface area contributed by atoms with Gasteiger partial charge in [-0.25, -0.2) is 27.5 Å². The van der Waals surface area contributed by atoms with Crippen molar-refractivity contribution in [2.45, 2.75) is 32.6 Å². The molecule has 1 unspecified atom stereocenters. The molecule has 2 heterocycles. The Morgan fingerprint density at radius 2 is 2.05 bits per heavy atom. The van der Waals surface area contributed by atoms with Gasteiger partial charge < -0.3 is 4.74 Å². The number of hydrogen-bond donors (Lipinski definition) is 2. The van der Waals surface area contributed by atoms with E-state index < -0.39 is 28.9 Å². The number of hydrogen-bond acceptors (Lipinski definition) is 6. The predicted octanol–water partition coefficient (Wildman–Crippen LogP) is 6.31. The first-order valence-corrected chi connectivity index (χ1v) is 14.9. The lowest BCUT2D eigenvalue weighted by molar-refractivity contribution is 0.0520. The van der Waals surface area contributed by atoms with Crippen molar-refractivity contribution in [3.8, 4) is 16.4 Å². The molecule has 1 saturated carbocycles. The number of halogens is 3. The lowest BCUT2D eigenvalue weighted by Crippen LogP contribution is -2.08. The van der Waals surface area contributed by atoms with Crippen LogP contribution in [0.1, 0.15) is 47.1 Å². The van der Waals surface area contributed by atoms with Gasteiger partial charge in [0.25, 0.3) is 11.3 Å². The molecule has 8 nitrogen and oxygen atoms in total. The zero-order valence-corrected chi connectivity index (χ0v) is 23.8. The van der Waals surface area contributed by atoms with Crippen LogP contribution < -0.4 is 4.72 Å². The third-order valence-electron chi connectivity index (χ3n) is 6.25. The van der Waals surface area contributed by atoms with E-state index in [0.29, 0.717) is 34.3 Å². The molecule has 0 radical (unpaired) electrons. The Morgan fingerprint density at radius 1 is 1.26 bits per heavy atom. The van der Waals surface area contributed by atoms with Gasteiger partial charge in [0.2, 0.25) is 5.13 Å². The van der Waals surface area contributed by atoms with E-state index in [1.165, 1.54) is 23.5 Å². The molecular weight excluding hydrogens is 614 g/mol. The van der Waals surface area contributed by atoms with Crippen LogP contribution in [0.15, 0.2) is 46.3 Å². The Hall–Kier alpha value is -3.00. The van der Waals surface area contributed by atoms with E-state index in [1.54, 1.807) is 35.2 Å². The maximum atomic E-state index is 15.2. The molecule has 13 heteroatoms. The third-order valence-corrected chi connectivity index (χ3v) is 8.08. The number of esters is 1. The van der Waals surface area contributed by atoms with Gasteiger partial charge in [-0.15, -0.1) is 11.3 Å². The molecule has 4 aromatic rings. The van der Waals surface area contributed by atoms with Crippen LogP contribution in [0.25, 0.3) is 16.4 Å². The Balaban J connectivity index is 1.64. The van der Waals surface area contributed by atoms with Gasteiger partial charge in [0.15, 0.2) is 5.69 Å². The highest BCUT2D eigenvalue weighted by Crippen LogP contribution is 2.39. The summed E-state index contributed by atoms with van der Waals surface area (Å²) in [4.78, 5) is 16.7. The fourth-order valence-electron chi connectivity index (χ4n) is 4.22. The average Bonchev–Trinajstić information content (AvgIpc) is 3.45. The summed E-state index contributed by atoms with van der Waals surface area (Å²) in [5.41, 5.74) is 3.45. The molecule has 204 valence electrons. The fourth-order valence-corrected chi connectivity index (χ4v) is 5.69. The first kappa shape index (κ1) is 27.6. The zero-order valence-electron chi connectivity index (χ0n) is 20.6. The van der Waals surface area contributed by atoms with Crippen molar-refractivity contribution in [2.75, 3.05) is 11.3 Å². The van der Waals surface area contributed by atoms with Gasteiger partial charge in [-0.05, 0) is 83.9 Å². The largest absolute Gasteiger partial charge is 0.461 e. The van der Waals surface area contributed by atoms with Gasteiger partial charge in [0, 0.05) is 22.9 Å². The summed E-state index contributed by atoms with van der Waals surface area (Å²) in [6.07, 6.45) is 2.95. The number of nitrogens with one attached hydrogen (secondary N) is 1. The van der Waals surface area contributed by atoms with Crippen molar-refractivity contribution >= 4 is 50.2 Å². The molecule has 2 aromatic heterocycles. The SMILES string of the molecule is CCOC(=O)c1csc(-n2nc(-c3ccc(F)c(Br)c3)c(Cc3ccc(NS(=O)O)cc3F)c2CC2CC2)n1. The van der Waals surface area contributed by atoms with Crippen LogP contribution >= 0.6 is 27.3 Å². The van der Waals surface area contributed by atoms with Crippen LogP contribution in [-0.2, 0) is 28.8 Å². The fraction of sp³-hybridized carbons (Fsp3) is 0.269. The van der Waals surface area contributed by atoms with Crippen LogP contribution in [-0.4, -0.2) is 36.1 Å². The van der Waals surface area contributed by atoms with Crippen molar-refractivity contribution in [1.29, 1.82) is 0 Å². The molecule has 1 fully saturated rings. The van der Waals surface area contributed by atoms with E-state index in [9.17, 15) is 13.4 Å². The Kier molecular flexibility index (Phi) is 8.21. The number of anilines is 1. The number of carbonyl (C=O) groups excluding carboxylic acids is 1. The van der Waals surface area contributed by atoms with Gasteiger partial charge in [0.1, 0.15) is 11.6 Å². The number of thiazole rings is 1. The van der Waals surface area contributed by atoms with Gasteiger partial charge in [-0.2, -0.15) is 5.10 Å². The predicted molar refractivity (Wildman–Crippen MR) is 148 cm³/mol. The van der Waals surface area contributed by atoms with Crippen molar-refractivity contribution < 1.29 is 27.1 Å². The molecule has 39 heavy (non-hydrogen) atoms. The zero-order chi connectivity index (χ0) is 27.7. The number of rotatable bonds is 10. The molecule has 0 bridgehead atoms. The maximum Gasteiger partial charge on any atom is 0.357 e. The third kappa shape index (κ3) is 6.26. The maximum absolute atomic E-state index is 15.2. The van der Waals surface area contributed by atoms with E-state index in [0.717, 1.165) is 30.2 Å². The minimum absolute atomic E-state index is 0.164. The van der Waals surface area contributed by atoms with Crippen molar-refractivity contribution in [1.82, 2.24) is 14.8 Å². The molecule has 1 aliphatic carbocycles. The lowest BCUT2D eigenvalue weighted by atomic mass is 9.96. The first-order chi connectivity index (χ1) is 18.7. The van der Waals surface area contributed by atoms with E-state index in [-0.39, 0.29) is 28.9 Å². The Morgan fingerprint density at radius 3 is 2.72 bits per heavy atom. The summed E-state index contributed by atoms with van der Waals surface area (Å²) in [6, 6.07) is 8.81.